The van der Waals surface area contributed by atoms with Crippen molar-refractivity contribution in [3.05, 3.63) is 5.82 Å². The van der Waals surface area contributed by atoms with Gasteiger partial charge in [-0.2, -0.15) is 0 Å². The molecule has 0 saturated heterocycles. The summed E-state index contributed by atoms with van der Waals surface area (Å²) >= 11 is 0. The number of aryl methyl sites for hydroxylation is 1. The van der Waals surface area contributed by atoms with Gasteiger partial charge in [0, 0.05) is 6.42 Å². The lowest BCUT2D eigenvalue weighted by atomic mass is 10.2. The second-order valence-corrected chi connectivity index (χ2v) is 3.87. The van der Waals surface area contributed by atoms with Crippen molar-refractivity contribution in [1.29, 1.82) is 0 Å². The number of hydrogen-bond donors (Lipinski definition) is 1. The predicted molar refractivity (Wildman–Crippen MR) is 51.3 cm³/mol. The van der Waals surface area contributed by atoms with E-state index in [1.165, 1.54) is 12.8 Å². The molecule has 1 N–H and O–H groups in total. The second-order valence-electron chi connectivity index (χ2n) is 3.87. The third-order valence-corrected chi connectivity index (χ3v) is 2.79. The Morgan fingerprint density at radius 1 is 1.47 bits per heavy atom. The van der Waals surface area contributed by atoms with Gasteiger partial charge in [-0.25, -0.2) is 4.68 Å². The molecule has 1 heterocycles. The number of hydrogen-bond acceptors (Lipinski definition) is 4. The number of aromatic nitrogens is 4. The molecule has 0 atom stereocenters. The zero-order valence-corrected chi connectivity index (χ0v) is 8.46. The minimum absolute atomic E-state index is 0.0904. The van der Waals surface area contributed by atoms with Crippen LogP contribution >= 0.6 is 0 Å². The maximum absolute atomic E-state index is 10.4. The van der Waals surface area contributed by atoms with Gasteiger partial charge in [-0.05, 0) is 23.3 Å². The Bertz CT molecular complexity index is 344. The lowest BCUT2D eigenvalue weighted by Crippen LogP contribution is -2.12. The largest absolute Gasteiger partial charge is 0.481 e. The summed E-state index contributed by atoms with van der Waals surface area (Å²) in [5.41, 5.74) is 0. The van der Waals surface area contributed by atoms with Crippen molar-refractivity contribution >= 4 is 5.97 Å². The Kier molecular flexibility index (Phi) is 2.94. The Morgan fingerprint density at radius 3 is 2.87 bits per heavy atom. The highest BCUT2D eigenvalue weighted by Gasteiger charge is 2.21. The van der Waals surface area contributed by atoms with Crippen LogP contribution in [0.25, 0.3) is 0 Å². The molecule has 0 aromatic carbocycles. The fourth-order valence-electron chi connectivity index (χ4n) is 2.03. The molecule has 1 aromatic rings. The molecule has 0 spiro atoms. The van der Waals surface area contributed by atoms with Gasteiger partial charge in [-0.15, -0.1) is 5.10 Å². The highest BCUT2D eigenvalue weighted by molar-refractivity contribution is 5.66. The van der Waals surface area contributed by atoms with E-state index in [0.717, 1.165) is 12.8 Å². The second kappa shape index (κ2) is 4.37. The molecule has 15 heavy (non-hydrogen) atoms. The third-order valence-electron chi connectivity index (χ3n) is 2.79. The van der Waals surface area contributed by atoms with Gasteiger partial charge >= 0.3 is 5.97 Å². The molecule has 2 rings (SSSR count). The molecule has 0 amide bonds. The van der Waals surface area contributed by atoms with Crippen LogP contribution in [-0.4, -0.2) is 31.3 Å². The van der Waals surface area contributed by atoms with Crippen molar-refractivity contribution in [3.63, 3.8) is 0 Å². The molecule has 1 saturated carbocycles. The van der Waals surface area contributed by atoms with Crippen LogP contribution in [0.15, 0.2) is 0 Å². The van der Waals surface area contributed by atoms with Gasteiger partial charge in [-0.3, -0.25) is 4.79 Å². The van der Waals surface area contributed by atoms with Gasteiger partial charge in [0.15, 0.2) is 5.82 Å². The summed E-state index contributed by atoms with van der Waals surface area (Å²) in [5, 5.41) is 20.0. The average molecular weight is 210 g/mol. The summed E-state index contributed by atoms with van der Waals surface area (Å²) in [6, 6.07) is 0.379. The van der Waals surface area contributed by atoms with Crippen LogP contribution < -0.4 is 0 Å². The summed E-state index contributed by atoms with van der Waals surface area (Å²) in [5.74, 6) is -0.111. The van der Waals surface area contributed by atoms with E-state index < -0.39 is 5.97 Å². The molecule has 1 aliphatic rings. The van der Waals surface area contributed by atoms with E-state index in [9.17, 15) is 4.79 Å². The minimum Gasteiger partial charge on any atom is -0.481 e. The lowest BCUT2D eigenvalue weighted by molar-refractivity contribution is -0.137. The number of carboxylic acid groups (broad SMARTS) is 1. The number of carbonyl (C=O) groups is 1. The van der Waals surface area contributed by atoms with Crippen molar-refractivity contribution in [2.24, 2.45) is 0 Å². The molecule has 82 valence electrons. The van der Waals surface area contributed by atoms with Crippen molar-refractivity contribution in [2.75, 3.05) is 0 Å². The maximum atomic E-state index is 10.4. The van der Waals surface area contributed by atoms with E-state index in [1.807, 2.05) is 0 Å². The molecule has 0 bridgehead atoms. The highest BCUT2D eigenvalue weighted by Crippen LogP contribution is 2.29. The minimum atomic E-state index is -0.809. The number of nitrogens with zero attached hydrogens (tertiary/aromatic N) is 4. The van der Waals surface area contributed by atoms with Crippen LogP contribution in [0.5, 0.6) is 0 Å². The molecule has 1 aliphatic carbocycles. The molecule has 6 nitrogen and oxygen atoms in total. The van der Waals surface area contributed by atoms with Gasteiger partial charge in [0.1, 0.15) is 0 Å². The number of aliphatic carboxylic acids is 1. The molecule has 0 aliphatic heterocycles. The van der Waals surface area contributed by atoms with Crippen LogP contribution in [0.2, 0.25) is 0 Å². The fraction of sp³-hybridized carbons (Fsp3) is 0.778. The van der Waals surface area contributed by atoms with Crippen LogP contribution in [0.4, 0.5) is 0 Å². The quantitative estimate of drug-likeness (QED) is 0.795. The molecular formula is C9H14N4O2. The van der Waals surface area contributed by atoms with Crippen LogP contribution in [0.3, 0.4) is 0 Å². The number of carboxylic acids is 1. The Labute approximate surface area is 87.3 Å². The van der Waals surface area contributed by atoms with Crippen LogP contribution in [0.1, 0.15) is 44.0 Å². The van der Waals surface area contributed by atoms with E-state index in [0.29, 0.717) is 18.3 Å². The molecule has 0 radical (unpaired) electrons. The zero-order chi connectivity index (χ0) is 10.7. The Hall–Kier alpha value is -1.46. The normalized spacial score (nSPS) is 17.1. The molecule has 1 fully saturated rings. The molecule has 6 heteroatoms. The first-order valence-electron chi connectivity index (χ1n) is 5.26. The van der Waals surface area contributed by atoms with E-state index in [1.54, 1.807) is 4.68 Å². The van der Waals surface area contributed by atoms with Crippen molar-refractivity contribution in [3.8, 4) is 0 Å². The van der Waals surface area contributed by atoms with E-state index in [4.69, 9.17) is 5.11 Å². The molecule has 0 unspecified atom stereocenters. The number of tetrazole rings is 1. The predicted octanol–water partition coefficient (Wildman–Crippen LogP) is 0.805. The van der Waals surface area contributed by atoms with E-state index in [-0.39, 0.29) is 6.42 Å². The lowest BCUT2D eigenvalue weighted by Gasteiger charge is -2.10. The highest BCUT2D eigenvalue weighted by atomic mass is 16.4. The van der Waals surface area contributed by atoms with Crippen molar-refractivity contribution in [2.45, 2.75) is 44.6 Å². The Morgan fingerprint density at radius 2 is 2.20 bits per heavy atom. The van der Waals surface area contributed by atoms with Gasteiger partial charge < -0.3 is 5.11 Å². The summed E-state index contributed by atoms with van der Waals surface area (Å²) in [4.78, 5) is 10.4. The van der Waals surface area contributed by atoms with Gasteiger partial charge in [-0.1, -0.05) is 12.8 Å². The topological polar surface area (TPSA) is 80.9 Å². The van der Waals surface area contributed by atoms with E-state index >= 15 is 0 Å². The summed E-state index contributed by atoms with van der Waals surface area (Å²) < 4.78 is 1.80. The smallest absolute Gasteiger partial charge is 0.303 e. The monoisotopic (exact) mass is 210 g/mol. The standard InChI is InChI=1S/C9H14N4O2/c14-9(15)6-5-8-10-11-12-13(8)7-3-1-2-4-7/h7H,1-6H2,(H,14,15). The summed E-state index contributed by atoms with van der Waals surface area (Å²) in [7, 11) is 0. The van der Waals surface area contributed by atoms with Crippen molar-refractivity contribution < 1.29 is 9.90 Å². The fourth-order valence-corrected chi connectivity index (χ4v) is 2.03. The zero-order valence-electron chi connectivity index (χ0n) is 8.46. The van der Waals surface area contributed by atoms with Gasteiger partial charge in [0.25, 0.3) is 0 Å². The summed E-state index contributed by atoms with van der Waals surface area (Å²) in [6.45, 7) is 0. The summed E-state index contributed by atoms with van der Waals surface area (Å²) in [6.07, 6.45) is 5.13. The first kappa shape index (κ1) is 10.1. The number of rotatable bonds is 4. The van der Waals surface area contributed by atoms with Crippen LogP contribution in [-0.2, 0) is 11.2 Å². The van der Waals surface area contributed by atoms with Crippen molar-refractivity contribution in [1.82, 2.24) is 20.2 Å². The van der Waals surface area contributed by atoms with Gasteiger partial charge in [0.2, 0.25) is 0 Å². The maximum Gasteiger partial charge on any atom is 0.303 e. The Balaban J connectivity index is 2.04. The van der Waals surface area contributed by atoms with Gasteiger partial charge in [0.05, 0.1) is 12.5 Å². The molecule has 1 aromatic heterocycles. The first-order chi connectivity index (χ1) is 7.27. The third kappa shape index (κ3) is 2.31. The van der Waals surface area contributed by atoms with E-state index in [2.05, 4.69) is 15.5 Å². The first-order valence-corrected chi connectivity index (χ1v) is 5.26. The average Bonchev–Trinajstić information content (AvgIpc) is 2.85. The molecular weight excluding hydrogens is 196 g/mol. The van der Waals surface area contributed by atoms with Crippen LogP contribution in [0, 0.1) is 0 Å². The SMILES string of the molecule is O=C(O)CCc1nnnn1C1CCCC1.